The highest BCUT2D eigenvalue weighted by Gasteiger charge is 2.44. The summed E-state index contributed by atoms with van der Waals surface area (Å²) in [7, 11) is 0. The van der Waals surface area contributed by atoms with Crippen LogP contribution in [0.1, 0.15) is 16.9 Å². The SMILES string of the molecule is O=C(Nc1c[nH]c2cc(F)c(F)cc12)c1cn(-c2cnc(N3C4COCC3C4)c(F)c2)nn1. The molecule has 2 aliphatic rings. The molecule has 0 spiro atoms. The average molecular weight is 455 g/mol. The fourth-order valence-corrected chi connectivity index (χ4v) is 4.32. The summed E-state index contributed by atoms with van der Waals surface area (Å²) in [5.41, 5.74) is 0.831. The molecule has 2 atom stereocenters. The number of pyridine rings is 1. The molecule has 2 saturated heterocycles. The van der Waals surface area contributed by atoms with Crippen LogP contribution in [0.5, 0.6) is 0 Å². The van der Waals surface area contributed by atoms with Crippen molar-refractivity contribution in [3.8, 4) is 5.69 Å². The molecule has 0 aliphatic carbocycles. The maximum absolute atomic E-state index is 14.8. The zero-order valence-electron chi connectivity index (χ0n) is 16.9. The van der Waals surface area contributed by atoms with Gasteiger partial charge in [0.25, 0.3) is 5.91 Å². The second-order valence-electron chi connectivity index (χ2n) is 8.00. The van der Waals surface area contributed by atoms with Crippen LogP contribution < -0.4 is 10.2 Å². The van der Waals surface area contributed by atoms with E-state index in [9.17, 15) is 18.0 Å². The third-order valence-corrected chi connectivity index (χ3v) is 5.96. The third-order valence-electron chi connectivity index (χ3n) is 5.96. The van der Waals surface area contributed by atoms with Crippen LogP contribution in [-0.4, -0.2) is 56.2 Å². The number of benzene rings is 1. The number of anilines is 2. The maximum atomic E-state index is 14.8. The summed E-state index contributed by atoms with van der Waals surface area (Å²) in [6, 6.07) is 3.54. The Morgan fingerprint density at radius 2 is 1.91 bits per heavy atom. The number of aromatic nitrogens is 5. The number of H-pyrrole nitrogens is 1. The van der Waals surface area contributed by atoms with E-state index in [4.69, 9.17) is 4.74 Å². The van der Waals surface area contributed by atoms with Gasteiger partial charge in [0.15, 0.2) is 29.0 Å². The van der Waals surface area contributed by atoms with Gasteiger partial charge in [0.2, 0.25) is 0 Å². The van der Waals surface area contributed by atoms with Crippen LogP contribution >= 0.6 is 0 Å². The lowest BCUT2D eigenvalue weighted by molar-refractivity contribution is 0.00919. The van der Waals surface area contributed by atoms with Crippen molar-refractivity contribution >= 4 is 28.3 Å². The predicted octanol–water partition coefficient (Wildman–Crippen LogP) is 2.79. The minimum absolute atomic E-state index is 0.0501. The number of amides is 1. The Labute approximate surface area is 184 Å². The topological polar surface area (TPSA) is 101 Å². The quantitative estimate of drug-likeness (QED) is 0.491. The van der Waals surface area contributed by atoms with Crippen molar-refractivity contribution in [2.45, 2.75) is 18.5 Å². The first-order valence-electron chi connectivity index (χ1n) is 10.2. The molecule has 2 fully saturated rings. The van der Waals surface area contributed by atoms with E-state index in [1.165, 1.54) is 29.3 Å². The summed E-state index contributed by atoms with van der Waals surface area (Å²) in [4.78, 5) is 21.6. The lowest BCUT2D eigenvalue weighted by atomic mass is 9.91. The standard InChI is InChI=1S/C21H16F3N7O2/c22-14-3-13-17(4-15(14)23)25-6-18(13)27-21(32)19-7-30(29-28-19)10-2-16(24)20(26-5-10)31-11-1-12(31)9-33-8-11/h2-7,11-12,25H,1,8-9H2,(H,27,32). The summed E-state index contributed by atoms with van der Waals surface area (Å²) in [5.74, 6) is -2.88. The Bertz CT molecular complexity index is 1390. The van der Waals surface area contributed by atoms with Gasteiger partial charge in [0, 0.05) is 23.7 Å². The summed E-state index contributed by atoms with van der Waals surface area (Å²) >= 11 is 0. The third kappa shape index (κ3) is 3.21. The highest BCUT2D eigenvalue weighted by atomic mass is 19.2. The van der Waals surface area contributed by atoms with Crippen LogP contribution in [0, 0.1) is 17.5 Å². The first-order valence-corrected chi connectivity index (χ1v) is 10.2. The van der Waals surface area contributed by atoms with Crippen LogP contribution in [0.15, 0.2) is 36.8 Å². The molecule has 6 rings (SSSR count). The molecule has 168 valence electrons. The van der Waals surface area contributed by atoms with Crippen LogP contribution in [0.2, 0.25) is 0 Å². The number of carbonyl (C=O) groups excluding carboxylic acids is 1. The minimum atomic E-state index is -1.03. The molecule has 3 aromatic heterocycles. The van der Waals surface area contributed by atoms with Crippen LogP contribution in [0.25, 0.3) is 16.6 Å². The molecule has 33 heavy (non-hydrogen) atoms. The molecule has 2 bridgehead atoms. The number of aromatic amines is 1. The van der Waals surface area contributed by atoms with Gasteiger partial charge in [-0.15, -0.1) is 5.10 Å². The molecule has 2 aliphatic heterocycles. The molecule has 0 saturated carbocycles. The zero-order chi connectivity index (χ0) is 22.7. The van der Waals surface area contributed by atoms with Crippen LogP contribution in [-0.2, 0) is 4.74 Å². The largest absolute Gasteiger partial charge is 0.377 e. The summed E-state index contributed by atoms with van der Waals surface area (Å²) in [6.45, 7) is 1.11. The lowest BCUT2D eigenvalue weighted by Gasteiger charge is -2.53. The Morgan fingerprint density at radius 1 is 1.12 bits per heavy atom. The van der Waals surface area contributed by atoms with Gasteiger partial charge < -0.3 is 19.9 Å². The predicted molar refractivity (Wildman–Crippen MR) is 111 cm³/mol. The van der Waals surface area contributed by atoms with E-state index in [0.717, 1.165) is 18.6 Å². The van der Waals surface area contributed by atoms with E-state index in [-0.39, 0.29) is 29.3 Å². The van der Waals surface area contributed by atoms with Crippen molar-refractivity contribution in [1.82, 2.24) is 25.0 Å². The molecule has 1 amide bonds. The van der Waals surface area contributed by atoms with Crippen LogP contribution in [0.4, 0.5) is 24.7 Å². The number of hydrogen-bond acceptors (Lipinski definition) is 6. The van der Waals surface area contributed by atoms with Crippen LogP contribution in [0.3, 0.4) is 0 Å². The van der Waals surface area contributed by atoms with E-state index in [2.05, 4.69) is 25.6 Å². The van der Waals surface area contributed by atoms with Gasteiger partial charge in [-0.2, -0.15) is 0 Å². The summed E-state index contributed by atoms with van der Waals surface area (Å²) in [5, 5.41) is 10.6. The number of rotatable bonds is 4. The number of morpholine rings is 1. The zero-order valence-corrected chi connectivity index (χ0v) is 16.9. The van der Waals surface area contributed by atoms with Crippen molar-refractivity contribution in [1.29, 1.82) is 0 Å². The second-order valence-corrected chi connectivity index (χ2v) is 8.00. The van der Waals surface area contributed by atoms with Crippen molar-refractivity contribution in [2.24, 2.45) is 0 Å². The van der Waals surface area contributed by atoms with Gasteiger partial charge in [-0.05, 0) is 12.5 Å². The number of nitrogens with zero attached hydrogens (tertiary/aromatic N) is 5. The van der Waals surface area contributed by atoms with Crippen molar-refractivity contribution in [3.63, 3.8) is 0 Å². The molecule has 4 aromatic rings. The van der Waals surface area contributed by atoms with E-state index in [1.807, 2.05) is 4.90 Å². The van der Waals surface area contributed by atoms with Crippen molar-refractivity contribution in [2.75, 3.05) is 23.4 Å². The Balaban J connectivity index is 1.22. The molecule has 1 aromatic carbocycles. The minimum Gasteiger partial charge on any atom is -0.377 e. The molecule has 5 heterocycles. The van der Waals surface area contributed by atoms with E-state index in [0.29, 0.717) is 29.8 Å². The molecule has 12 heteroatoms. The van der Waals surface area contributed by atoms with Gasteiger partial charge in [-0.3, -0.25) is 4.79 Å². The molecular weight excluding hydrogens is 439 g/mol. The molecular formula is C21H16F3N7O2. The number of hydrogen-bond donors (Lipinski definition) is 2. The molecule has 9 nitrogen and oxygen atoms in total. The Morgan fingerprint density at radius 3 is 2.67 bits per heavy atom. The number of fused-ring (bicyclic) bond motifs is 3. The highest BCUT2D eigenvalue weighted by molar-refractivity contribution is 6.07. The fourth-order valence-electron chi connectivity index (χ4n) is 4.32. The Kier molecular flexibility index (Phi) is 4.37. The number of carbonyl (C=O) groups is 1. The monoisotopic (exact) mass is 455 g/mol. The Hall–Kier alpha value is -3.93. The second kappa shape index (κ2) is 7.30. The number of nitrogens with one attached hydrogen (secondary N) is 2. The lowest BCUT2D eigenvalue weighted by Crippen LogP contribution is -2.64. The molecule has 2 N–H and O–H groups in total. The van der Waals surface area contributed by atoms with Gasteiger partial charge in [0.1, 0.15) is 0 Å². The molecule has 0 radical (unpaired) electrons. The van der Waals surface area contributed by atoms with Crippen molar-refractivity contribution in [3.05, 3.63) is 59.9 Å². The normalized spacial score (nSPS) is 19.5. The number of ether oxygens (including phenoxy) is 1. The average Bonchev–Trinajstić information content (AvgIpc) is 3.44. The fraction of sp³-hybridized carbons (Fsp3) is 0.238. The smallest absolute Gasteiger partial charge is 0.277 e. The number of halogens is 3. The van der Waals surface area contributed by atoms with Gasteiger partial charge in [-0.1, -0.05) is 5.21 Å². The van der Waals surface area contributed by atoms with E-state index in [1.54, 1.807) is 0 Å². The summed E-state index contributed by atoms with van der Waals surface area (Å²) in [6.07, 6.45) is 5.16. The summed E-state index contributed by atoms with van der Waals surface area (Å²) < 4.78 is 48.4. The van der Waals surface area contributed by atoms with Crippen molar-refractivity contribution < 1.29 is 22.7 Å². The first kappa shape index (κ1) is 19.7. The first-order chi connectivity index (χ1) is 16.0. The van der Waals surface area contributed by atoms with E-state index < -0.39 is 23.4 Å². The molecule has 2 unspecified atom stereocenters. The maximum Gasteiger partial charge on any atom is 0.277 e. The van der Waals surface area contributed by atoms with Gasteiger partial charge in [0.05, 0.1) is 54.6 Å². The van der Waals surface area contributed by atoms with E-state index >= 15 is 0 Å². The van der Waals surface area contributed by atoms with Gasteiger partial charge in [-0.25, -0.2) is 22.8 Å². The highest BCUT2D eigenvalue weighted by Crippen LogP contribution is 2.36. The van der Waals surface area contributed by atoms with Gasteiger partial charge >= 0.3 is 0 Å².